The van der Waals surface area contributed by atoms with Crippen LogP contribution in [0.5, 0.6) is 0 Å². The molecule has 0 fully saturated rings. The molecule has 0 aliphatic carbocycles. The van der Waals surface area contributed by atoms with Gasteiger partial charge in [0.1, 0.15) is 18.1 Å². The lowest BCUT2D eigenvalue weighted by Gasteiger charge is -2.13. The Morgan fingerprint density at radius 3 is 2.72 bits per heavy atom. The van der Waals surface area contributed by atoms with E-state index in [9.17, 15) is 14.4 Å². The highest BCUT2D eigenvalue weighted by Gasteiger charge is 2.35. The van der Waals surface area contributed by atoms with Crippen molar-refractivity contribution in [2.24, 2.45) is 0 Å². The molecule has 0 radical (unpaired) electrons. The Morgan fingerprint density at radius 1 is 1.17 bits per heavy atom. The zero-order valence-electron chi connectivity index (χ0n) is 15.9. The van der Waals surface area contributed by atoms with Crippen LogP contribution in [-0.4, -0.2) is 34.2 Å². The lowest BCUT2D eigenvalue weighted by atomic mass is 10.1. The third kappa shape index (κ3) is 3.71. The van der Waals surface area contributed by atoms with Crippen LogP contribution in [0.3, 0.4) is 0 Å². The smallest absolute Gasteiger partial charge is 0.307 e. The molecule has 2 amide bonds. The van der Waals surface area contributed by atoms with Crippen LogP contribution < -0.4 is 0 Å². The maximum Gasteiger partial charge on any atom is 0.307 e. The predicted molar refractivity (Wildman–Crippen MR) is 106 cm³/mol. The molecule has 0 bridgehead atoms. The van der Waals surface area contributed by atoms with Gasteiger partial charge in [0.15, 0.2) is 0 Å². The van der Waals surface area contributed by atoms with E-state index in [-0.39, 0.29) is 31.4 Å². The quantitative estimate of drug-likeness (QED) is 0.454. The predicted octanol–water partition coefficient (Wildman–Crippen LogP) is 3.75. The molecule has 0 N–H and O–H groups in total. The second-order valence-corrected chi connectivity index (χ2v) is 7.67. The van der Waals surface area contributed by atoms with Gasteiger partial charge in [0.25, 0.3) is 11.8 Å². The number of benzene rings is 1. The standard InChI is InChI=1S/C21H18N2O5S/c1-12-5-6-14-15(10-12)21(26)23(20(14)25)8-7-18(24)27-11-16-13(2)28-19(22-16)17-4-3-9-29-17/h3-6,9-10H,7-8,11H2,1-2H3. The molecule has 0 atom stereocenters. The zero-order chi connectivity index (χ0) is 20.5. The third-order valence-electron chi connectivity index (χ3n) is 4.66. The van der Waals surface area contributed by atoms with Crippen molar-refractivity contribution in [3.05, 3.63) is 63.9 Å². The van der Waals surface area contributed by atoms with Crippen molar-refractivity contribution in [2.75, 3.05) is 6.54 Å². The Hall–Kier alpha value is -3.26. The van der Waals surface area contributed by atoms with E-state index in [0.717, 1.165) is 15.3 Å². The summed E-state index contributed by atoms with van der Waals surface area (Å²) in [6.07, 6.45) is -0.0842. The fraction of sp³-hybridized carbons (Fsp3) is 0.238. The van der Waals surface area contributed by atoms with Gasteiger partial charge in [-0.05, 0) is 37.4 Å². The number of carbonyl (C=O) groups excluding carboxylic acids is 3. The molecule has 1 aliphatic heterocycles. The number of oxazole rings is 1. The number of aromatic nitrogens is 1. The summed E-state index contributed by atoms with van der Waals surface area (Å²) >= 11 is 1.51. The number of rotatable bonds is 6. The molecule has 148 valence electrons. The fourth-order valence-electron chi connectivity index (χ4n) is 3.10. The van der Waals surface area contributed by atoms with Crippen molar-refractivity contribution in [3.63, 3.8) is 0 Å². The van der Waals surface area contributed by atoms with Gasteiger partial charge < -0.3 is 9.15 Å². The number of aryl methyl sites for hydroxylation is 2. The molecule has 3 aromatic rings. The second kappa shape index (κ2) is 7.63. The summed E-state index contributed by atoms with van der Waals surface area (Å²) in [7, 11) is 0. The highest BCUT2D eigenvalue weighted by molar-refractivity contribution is 7.13. The zero-order valence-corrected chi connectivity index (χ0v) is 16.7. The molecular formula is C21H18N2O5S. The Morgan fingerprint density at radius 2 is 1.97 bits per heavy atom. The largest absolute Gasteiger partial charge is 0.459 e. The van der Waals surface area contributed by atoms with Crippen molar-refractivity contribution >= 4 is 29.1 Å². The number of thiophene rings is 1. The molecule has 0 unspecified atom stereocenters. The number of ether oxygens (including phenoxy) is 1. The van der Waals surface area contributed by atoms with Gasteiger partial charge in [-0.3, -0.25) is 19.3 Å². The summed E-state index contributed by atoms with van der Waals surface area (Å²) in [5, 5.41) is 1.93. The van der Waals surface area contributed by atoms with Crippen LogP contribution in [0.1, 0.15) is 44.2 Å². The van der Waals surface area contributed by atoms with Crippen molar-refractivity contribution in [1.29, 1.82) is 0 Å². The van der Waals surface area contributed by atoms with Gasteiger partial charge in [-0.2, -0.15) is 0 Å². The lowest BCUT2D eigenvalue weighted by Crippen LogP contribution is -2.32. The summed E-state index contributed by atoms with van der Waals surface area (Å²) in [4.78, 5) is 43.3. The van der Waals surface area contributed by atoms with E-state index in [4.69, 9.17) is 9.15 Å². The van der Waals surface area contributed by atoms with Crippen LogP contribution in [0.15, 0.2) is 40.1 Å². The number of hydrogen-bond acceptors (Lipinski definition) is 7. The number of nitrogens with zero attached hydrogens (tertiary/aromatic N) is 2. The molecule has 3 heterocycles. The molecule has 0 spiro atoms. The normalized spacial score (nSPS) is 13.1. The number of amides is 2. The number of imide groups is 1. The topological polar surface area (TPSA) is 89.7 Å². The van der Waals surface area contributed by atoms with Crippen molar-refractivity contribution < 1.29 is 23.5 Å². The monoisotopic (exact) mass is 410 g/mol. The Kier molecular flexibility index (Phi) is 5.02. The minimum absolute atomic E-state index is 0.0253. The summed E-state index contributed by atoms with van der Waals surface area (Å²) < 4.78 is 10.9. The molecule has 4 rings (SSSR count). The summed E-state index contributed by atoms with van der Waals surface area (Å²) in [6, 6.07) is 8.91. The van der Waals surface area contributed by atoms with Crippen molar-refractivity contribution in [3.8, 4) is 10.8 Å². The average molecular weight is 410 g/mol. The Balaban J connectivity index is 1.33. The Bertz CT molecular complexity index is 1100. The van der Waals surface area contributed by atoms with E-state index >= 15 is 0 Å². The third-order valence-corrected chi connectivity index (χ3v) is 5.52. The number of hydrogen-bond donors (Lipinski definition) is 0. The molecule has 0 saturated heterocycles. The van der Waals surface area contributed by atoms with Gasteiger partial charge >= 0.3 is 5.97 Å². The van der Waals surface area contributed by atoms with E-state index in [1.54, 1.807) is 25.1 Å². The van der Waals surface area contributed by atoms with E-state index < -0.39 is 5.97 Å². The van der Waals surface area contributed by atoms with Gasteiger partial charge in [0, 0.05) is 6.54 Å². The van der Waals surface area contributed by atoms with E-state index in [1.165, 1.54) is 11.3 Å². The number of carbonyl (C=O) groups is 3. The van der Waals surface area contributed by atoms with Crippen LogP contribution in [0.25, 0.3) is 10.8 Å². The fourth-order valence-corrected chi connectivity index (χ4v) is 3.75. The van der Waals surface area contributed by atoms with Gasteiger partial charge in [0.05, 0.1) is 22.4 Å². The first-order valence-electron chi connectivity index (χ1n) is 9.06. The molecule has 0 saturated carbocycles. The maximum absolute atomic E-state index is 12.4. The van der Waals surface area contributed by atoms with Crippen LogP contribution in [0.2, 0.25) is 0 Å². The van der Waals surface area contributed by atoms with Gasteiger partial charge in [-0.1, -0.05) is 17.7 Å². The first kappa shape index (κ1) is 19.1. The van der Waals surface area contributed by atoms with E-state index in [0.29, 0.717) is 28.5 Å². The highest BCUT2D eigenvalue weighted by atomic mass is 32.1. The lowest BCUT2D eigenvalue weighted by molar-refractivity contribution is -0.145. The summed E-state index contributed by atoms with van der Waals surface area (Å²) in [6.45, 7) is 3.56. The molecular weight excluding hydrogens is 392 g/mol. The average Bonchev–Trinajstić information content (AvgIpc) is 3.40. The number of esters is 1. The van der Waals surface area contributed by atoms with Crippen LogP contribution in [0.4, 0.5) is 0 Å². The minimum Gasteiger partial charge on any atom is -0.459 e. The minimum atomic E-state index is -0.516. The van der Waals surface area contributed by atoms with Gasteiger partial charge in [0.2, 0.25) is 5.89 Å². The van der Waals surface area contributed by atoms with Gasteiger partial charge in [-0.25, -0.2) is 4.98 Å². The number of fused-ring (bicyclic) bond motifs is 1. The molecule has 1 aliphatic rings. The van der Waals surface area contributed by atoms with Crippen LogP contribution >= 0.6 is 11.3 Å². The summed E-state index contributed by atoms with van der Waals surface area (Å²) in [5.41, 5.74) is 2.19. The Labute approximate surface area is 170 Å². The van der Waals surface area contributed by atoms with E-state index in [1.807, 2.05) is 24.4 Å². The molecule has 8 heteroatoms. The first-order chi connectivity index (χ1) is 13.9. The van der Waals surface area contributed by atoms with Crippen molar-refractivity contribution in [1.82, 2.24) is 9.88 Å². The van der Waals surface area contributed by atoms with Gasteiger partial charge in [-0.15, -0.1) is 11.3 Å². The van der Waals surface area contributed by atoms with Crippen molar-refractivity contribution in [2.45, 2.75) is 26.9 Å². The highest BCUT2D eigenvalue weighted by Crippen LogP contribution is 2.26. The molecule has 7 nitrogen and oxygen atoms in total. The molecule has 1 aromatic carbocycles. The van der Waals surface area contributed by atoms with Crippen LogP contribution in [0, 0.1) is 13.8 Å². The molecule has 2 aromatic heterocycles. The maximum atomic E-state index is 12.4. The SMILES string of the molecule is Cc1ccc2c(c1)C(=O)N(CCC(=O)OCc1nc(-c3cccs3)oc1C)C2=O. The van der Waals surface area contributed by atoms with E-state index in [2.05, 4.69) is 4.98 Å². The summed E-state index contributed by atoms with van der Waals surface area (Å²) in [5.74, 6) is -0.209. The van der Waals surface area contributed by atoms with Crippen LogP contribution in [-0.2, 0) is 16.1 Å². The first-order valence-corrected chi connectivity index (χ1v) is 9.94. The molecule has 29 heavy (non-hydrogen) atoms. The second-order valence-electron chi connectivity index (χ2n) is 6.72.